The molecule has 15 heavy (non-hydrogen) atoms. The van der Waals surface area contributed by atoms with Gasteiger partial charge in [0.1, 0.15) is 11.3 Å². The molecule has 80 valence electrons. The molecule has 0 unspecified atom stereocenters. The molecule has 2 nitrogen and oxygen atoms in total. The van der Waals surface area contributed by atoms with Gasteiger partial charge in [-0.15, -0.1) is 13.2 Å². The van der Waals surface area contributed by atoms with E-state index in [-0.39, 0.29) is 10.6 Å². The number of halogens is 4. The molecular formula is C9H4ClF3O2. The van der Waals surface area contributed by atoms with E-state index < -0.39 is 12.1 Å². The molecule has 0 fully saturated rings. The molecule has 0 N–H and O–H groups in total. The fourth-order valence-electron chi connectivity index (χ4n) is 1.20. The topological polar surface area (TPSA) is 22.4 Å². The third-order valence-corrected chi connectivity index (χ3v) is 2.04. The Kier molecular flexibility index (Phi) is 2.26. The smallest absolute Gasteiger partial charge is 0.464 e. The van der Waals surface area contributed by atoms with Gasteiger partial charge >= 0.3 is 6.36 Å². The van der Waals surface area contributed by atoms with Gasteiger partial charge in [-0.25, -0.2) is 0 Å². The Balaban J connectivity index is 2.45. The summed E-state index contributed by atoms with van der Waals surface area (Å²) in [6, 6.07) is 3.79. The monoisotopic (exact) mass is 236 g/mol. The van der Waals surface area contributed by atoms with E-state index in [1.54, 1.807) is 6.07 Å². The van der Waals surface area contributed by atoms with Crippen LogP contribution in [0.5, 0.6) is 5.75 Å². The van der Waals surface area contributed by atoms with E-state index in [2.05, 4.69) is 4.74 Å². The van der Waals surface area contributed by atoms with Crippen LogP contribution in [0.15, 0.2) is 28.9 Å². The van der Waals surface area contributed by atoms with E-state index in [1.807, 2.05) is 0 Å². The summed E-state index contributed by atoms with van der Waals surface area (Å²) >= 11 is 5.73. The third kappa shape index (κ3) is 2.18. The summed E-state index contributed by atoms with van der Waals surface area (Å²) in [4.78, 5) is 0. The summed E-state index contributed by atoms with van der Waals surface area (Å²) in [6.07, 6.45) is -3.39. The number of hydrogen-bond acceptors (Lipinski definition) is 2. The molecule has 1 aromatic heterocycles. The maximum absolute atomic E-state index is 11.9. The van der Waals surface area contributed by atoms with Gasteiger partial charge in [0.2, 0.25) is 0 Å². The Morgan fingerprint density at radius 3 is 2.67 bits per heavy atom. The van der Waals surface area contributed by atoms with E-state index in [0.717, 1.165) is 12.1 Å². The minimum Gasteiger partial charge on any atom is -0.464 e. The number of rotatable bonds is 1. The van der Waals surface area contributed by atoms with E-state index >= 15 is 0 Å². The van der Waals surface area contributed by atoms with Gasteiger partial charge in [0, 0.05) is 17.5 Å². The van der Waals surface area contributed by atoms with E-state index in [9.17, 15) is 13.2 Å². The van der Waals surface area contributed by atoms with Gasteiger partial charge in [0.15, 0.2) is 0 Å². The van der Waals surface area contributed by atoms with Crippen LogP contribution in [0.25, 0.3) is 11.0 Å². The maximum atomic E-state index is 11.9. The maximum Gasteiger partial charge on any atom is 0.573 e. The summed E-state index contributed by atoms with van der Waals surface area (Å²) in [5.41, 5.74) is 0.252. The predicted molar refractivity (Wildman–Crippen MR) is 47.9 cm³/mol. The van der Waals surface area contributed by atoms with Gasteiger partial charge in [0.25, 0.3) is 0 Å². The van der Waals surface area contributed by atoms with Gasteiger partial charge in [0.05, 0.1) is 11.3 Å². The second-order valence-corrected chi connectivity index (χ2v) is 3.19. The van der Waals surface area contributed by atoms with Crippen molar-refractivity contribution < 1.29 is 22.3 Å². The summed E-state index contributed by atoms with van der Waals surface area (Å²) < 4.78 is 44.3. The normalized spacial score (nSPS) is 12.0. The van der Waals surface area contributed by atoms with Crippen molar-refractivity contribution in [1.29, 1.82) is 0 Å². The average molecular weight is 237 g/mol. The largest absolute Gasteiger partial charge is 0.573 e. The van der Waals surface area contributed by atoms with E-state index in [1.165, 1.54) is 6.26 Å². The molecule has 1 aromatic carbocycles. The molecule has 0 bridgehead atoms. The van der Waals surface area contributed by atoms with Crippen LogP contribution in [0.3, 0.4) is 0 Å². The molecular weight excluding hydrogens is 233 g/mol. The number of fused-ring (bicyclic) bond motifs is 1. The molecule has 0 aliphatic rings. The first kappa shape index (κ1) is 10.2. The van der Waals surface area contributed by atoms with Gasteiger partial charge in [-0.3, -0.25) is 0 Å². The number of alkyl halides is 3. The highest BCUT2D eigenvalue weighted by atomic mass is 35.5. The minimum atomic E-state index is -4.73. The third-order valence-electron chi connectivity index (χ3n) is 1.73. The SMILES string of the molecule is FC(F)(F)Oc1cc(Cl)c2ccoc2c1. The molecule has 2 aromatic rings. The molecule has 0 saturated carbocycles. The van der Waals surface area contributed by atoms with Crippen LogP contribution >= 0.6 is 11.6 Å². The highest BCUT2D eigenvalue weighted by Gasteiger charge is 2.31. The van der Waals surface area contributed by atoms with Crippen molar-refractivity contribution in [2.24, 2.45) is 0 Å². The van der Waals surface area contributed by atoms with Crippen molar-refractivity contribution in [3.8, 4) is 5.75 Å². The van der Waals surface area contributed by atoms with Crippen LogP contribution in [0.2, 0.25) is 5.02 Å². The number of furan rings is 1. The molecule has 0 atom stereocenters. The van der Waals surface area contributed by atoms with Gasteiger partial charge < -0.3 is 9.15 Å². The van der Waals surface area contributed by atoms with Gasteiger partial charge in [-0.05, 0) is 6.07 Å². The fourth-order valence-corrected chi connectivity index (χ4v) is 1.46. The minimum absolute atomic E-state index is 0.153. The van der Waals surface area contributed by atoms with Crippen molar-refractivity contribution in [2.45, 2.75) is 6.36 Å². The van der Waals surface area contributed by atoms with Crippen molar-refractivity contribution in [2.75, 3.05) is 0 Å². The highest BCUT2D eigenvalue weighted by Crippen LogP contribution is 2.32. The van der Waals surface area contributed by atoms with Crippen LogP contribution in [-0.2, 0) is 0 Å². The summed E-state index contributed by atoms with van der Waals surface area (Å²) in [5, 5.41) is 0.701. The number of benzene rings is 1. The van der Waals surface area contributed by atoms with Crippen LogP contribution in [0, 0.1) is 0 Å². The summed E-state index contributed by atoms with van der Waals surface area (Å²) in [6.45, 7) is 0. The molecule has 0 spiro atoms. The lowest BCUT2D eigenvalue weighted by Crippen LogP contribution is -2.17. The quantitative estimate of drug-likeness (QED) is 0.747. The Bertz CT molecular complexity index is 490. The first-order valence-corrected chi connectivity index (χ1v) is 4.26. The Morgan fingerprint density at radius 1 is 1.27 bits per heavy atom. The summed E-state index contributed by atoms with van der Waals surface area (Å²) in [7, 11) is 0. The van der Waals surface area contributed by atoms with Crippen LogP contribution < -0.4 is 4.74 Å². The molecule has 0 amide bonds. The van der Waals surface area contributed by atoms with Crippen molar-refractivity contribution in [3.63, 3.8) is 0 Å². The zero-order chi connectivity index (χ0) is 11.1. The predicted octanol–water partition coefficient (Wildman–Crippen LogP) is 3.98. The molecule has 2 rings (SSSR count). The fraction of sp³-hybridized carbons (Fsp3) is 0.111. The van der Waals surface area contributed by atoms with Crippen molar-refractivity contribution in [3.05, 3.63) is 29.5 Å². The van der Waals surface area contributed by atoms with Crippen molar-refractivity contribution >= 4 is 22.6 Å². The summed E-state index contributed by atoms with van der Waals surface area (Å²) in [5.74, 6) is -0.394. The van der Waals surface area contributed by atoms with E-state index in [4.69, 9.17) is 16.0 Å². The number of ether oxygens (including phenoxy) is 1. The first-order valence-electron chi connectivity index (χ1n) is 3.88. The standard InChI is InChI=1S/C9H4ClF3O2/c10-7-3-5(15-9(11,12)13)4-8-6(7)1-2-14-8/h1-4H. The Labute approximate surface area is 87.2 Å². The molecule has 6 heteroatoms. The average Bonchev–Trinajstić information content (AvgIpc) is 2.48. The molecule has 1 heterocycles. The number of hydrogen-bond donors (Lipinski definition) is 0. The lowest BCUT2D eigenvalue weighted by molar-refractivity contribution is -0.274. The van der Waals surface area contributed by atoms with Gasteiger partial charge in [-0.2, -0.15) is 0 Å². The first-order chi connectivity index (χ1) is 6.96. The molecule has 0 saturated heterocycles. The van der Waals surface area contributed by atoms with Gasteiger partial charge in [-0.1, -0.05) is 11.6 Å². The highest BCUT2D eigenvalue weighted by molar-refractivity contribution is 6.35. The van der Waals surface area contributed by atoms with Crippen LogP contribution in [0.4, 0.5) is 13.2 Å². The Morgan fingerprint density at radius 2 is 2.00 bits per heavy atom. The second-order valence-electron chi connectivity index (χ2n) is 2.79. The molecule has 0 radical (unpaired) electrons. The van der Waals surface area contributed by atoms with Crippen molar-refractivity contribution in [1.82, 2.24) is 0 Å². The Hall–Kier alpha value is -1.36. The lowest BCUT2D eigenvalue weighted by Gasteiger charge is -2.08. The zero-order valence-corrected chi connectivity index (χ0v) is 7.89. The molecule has 0 aliphatic carbocycles. The molecule has 0 aliphatic heterocycles. The van der Waals surface area contributed by atoms with Crippen LogP contribution in [-0.4, -0.2) is 6.36 Å². The lowest BCUT2D eigenvalue weighted by atomic mass is 10.2. The van der Waals surface area contributed by atoms with E-state index in [0.29, 0.717) is 5.39 Å². The zero-order valence-electron chi connectivity index (χ0n) is 7.14. The second kappa shape index (κ2) is 3.34. The van der Waals surface area contributed by atoms with Crippen LogP contribution in [0.1, 0.15) is 0 Å².